The molecule has 7 nitrogen and oxygen atoms in total. The SMILES string of the molecule is CCOC(=O)Oc1ccc(C(=O)Nc2cccc(NC(=O)/C=C/c3ccc(C)cc3)c2)cc1. The number of carbonyl (C=O) groups is 3. The van der Waals surface area contributed by atoms with E-state index in [4.69, 9.17) is 9.47 Å². The number of aryl methyl sites for hydroxylation is 1. The molecule has 0 radical (unpaired) electrons. The minimum absolute atomic E-state index is 0.210. The lowest BCUT2D eigenvalue weighted by Crippen LogP contribution is -2.13. The standard InChI is InChI=1S/C26H24N2O5/c1-3-32-26(31)33-23-14-12-20(13-15-23)25(30)28-22-6-4-5-21(17-22)27-24(29)16-11-19-9-7-18(2)8-10-19/h4-17H,3H2,1-2H3,(H,27,29)(H,28,30)/b16-11+. The molecule has 0 saturated heterocycles. The van der Waals surface area contributed by atoms with Crippen molar-refractivity contribution in [1.29, 1.82) is 0 Å². The Morgan fingerprint density at radius 2 is 1.55 bits per heavy atom. The van der Waals surface area contributed by atoms with Crippen LogP contribution >= 0.6 is 0 Å². The van der Waals surface area contributed by atoms with Gasteiger partial charge in [-0.25, -0.2) is 4.79 Å². The van der Waals surface area contributed by atoms with Crippen molar-refractivity contribution >= 4 is 35.4 Å². The normalized spacial score (nSPS) is 10.5. The molecule has 3 rings (SSSR count). The van der Waals surface area contributed by atoms with Gasteiger partial charge >= 0.3 is 6.16 Å². The third-order valence-corrected chi connectivity index (χ3v) is 4.47. The van der Waals surface area contributed by atoms with Gasteiger partial charge < -0.3 is 20.1 Å². The van der Waals surface area contributed by atoms with E-state index in [0.29, 0.717) is 16.9 Å². The van der Waals surface area contributed by atoms with E-state index in [1.807, 2.05) is 31.2 Å². The van der Waals surface area contributed by atoms with Crippen molar-refractivity contribution < 1.29 is 23.9 Å². The summed E-state index contributed by atoms with van der Waals surface area (Å²) in [7, 11) is 0. The van der Waals surface area contributed by atoms with E-state index in [-0.39, 0.29) is 24.2 Å². The molecule has 7 heteroatoms. The Hall–Kier alpha value is -4.39. The molecule has 0 unspecified atom stereocenters. The van der Waals surface area contributed by atoms with E-state index in [1.54, 1.807) is 37.3 Å². The van der Waals surface area contributed by atoms with Crippen LogP contribution in [-0.2, 0) is 9.53 Å². The number of benzene rings is 3. The van der Waals surface area contributed by atoms with Crippen molar-refractivity contribution in [2.45, 2.75) is 13.8 Å². The highest BCUT2D eigenvalue weighted by atomic mass is 16.7. The van der Waals surface area contributed by atoms with E-state index in [0.717, 1.165) is 11.1 Å². The molecular formula is C26H24N2O5. The molecule has 2 N–H and O–H groups in total. The van der Waals surface area contributed by atoms with Crippen LogP contribution in [0.15, 0.2) is 78.9 Å². The highest BCUT2D eigenvalue weighted by Gasteiger charge is 2.09. The minimum Gasteiger partial charge on any atom is -0.434 e. The molecule has 2 amide bonds. The van der Waals surface area contributed by atoms with Crippen molar-refractivity contribution in [1.82, 2.24) is 0 Å². The molecule has 0 bridgehead atoms. The average Bonchev–Trinajstić information content (AvgIpc) is 2.79. The van der Waals surface area contributed by atoms with Gasteiger partial charge in [0.2, 0.25) is 5.91 Å². The zero-order valence-corrected chi connectivity index (χ0v) is 18.3. The first-order valence-corrected chi connectivity index (χ1v) is 10.3. The first kappa shape index (κ1) is 23.3. The molecule has 0 atom stereocenters. The molecular weight excluding hydrogens is 420 g/mol. The first-order valence-electron chi connectivity index (χ1n) is 10.3. The Labute approximate surface area is 192 Å². The van der Waals surface area contributed by atoms with Crippen LogP contribution in [0.3, 0.4) is 0 Å². The molecule has 0 heterocycles. The molecule has 3 aromatic rings. The Morgan fingerprint density at radius 3 is 2.21 bits per heavy atom. The van der Waals surface area contributed by atoms with Crippen LogP contribution in [0.4, 0.5) is 16.2 Å². The number of hydrogen-bond acceptors (Lipinski definition) is 5. The second-order valence-electron chi connectivity index (χ2n) is 7.08. The molecule has 0 aliphatic heterocycles. The summed E-state index contributed by atoms with van der Waals surface area (Å²) in [5, 5.41) is 5.55. The van der Waals surface area contributed by atoms with Crippen molar-refractivity contribution in [3.05, 3.63) is 95.6 Å². The number of anilines is 2. The Bertz CT molecular complexity index is 1150. The number of nitrogens with one attached hydrogen (secondary N) is 2. The van der Waals surface area contributed by atoms with Crippen LogP contribution in [0, 0.1) is 6.92 Å². The largest absolute Gasteiger partial charge is 0.513 e. The molecule has 33 heavy (non-hydrogen) atoms. The summed E-state index contributed by atoms with van der Waals surface area (Å²) in [6, 6.07) is 20.7. The van der Waals surface area contributed by atoms with E-state index in [9.17, 15) is 14.4 Å². The van der Waals surface area contributed by atoms with Gasteiger partial charge in [-0.15, -0.1) is 0 Å². The lowest BCUT2D eigenvalue weighted by Gasteiger charge is -2.09. The first-order chi connectivity index (χ1) is 15.9. The van der Waals surface area contributed by atoms with Crippen LogP contribution in [0.1, 0.15) is 28.4 Å². The average molecular weight is 444 g/mol. The van der Waals surface area contributed by atoms with Crippen molar-refractivity contribution in [2.75, 3.05) is 17.2 Å². The summed E-state index contributed by atoms with van der Waals surface area (Å²) >= 11 is 0. The summed E-state index contributed by atoms with van der Waals surface area (Å²) in [4.78, 5) is 36.1. The van der Waals surface area contributed by atoms with Gasteiger partial charge in [-0.1, -0.05) is 35.9 Å². The second kappa shape index (κ2) is 11.3. The fraction of sp³-hybridized carbons (Fsp3) is 0.115. The summed E-state index contributed by atoms with van der Waals surface area (Å²) in [6.45, 7) is 3.89. The van der Waals surface area contributed by atoms with Gasteiger partial charge in [0, 0.05) is 23.0 Å². The monoisotopic (exact) mass is 444 g/mol. The molecule has 3 aromatic carbocycles. The van der Waals surface area contributed by atoms with E-state index in [1.165, 1.54) is 30.3 Å². The van der Waals surface area contributed by atoms with Gasteiger partial charge in [0.25, 0.3) is 5.91 Å². The Morgan fingerprint density at radius 1 is 0.879 bits per heavy atom. The van der Waals surface area contributed by atoms with Crippen LogP contribution in [0.2, 0.25) is 0 Å². The highest BCUT2D eigenvalue weighted by molar-refractivity contribution is 6.05. The summed E-state index contributed by atoms with van der Waals surface area (Å²) < 4.78 is 9.68. The lowest BCUT2D eigenvalue weighted by atomic mass is 10.1. The molecule has 0 aliphatic carbocycles. The molecule has 168 valence electrons. The van der Waals surface area contributed by atoms with Gasteiger partial charge in [-0.05, 0) is 68.0 Å². The number of hydrogen-bond donors (Lipinski definition) is 2. The third-order valence-electron chi connectivity index (χ3n) is 4.47. The van der Waals surface area contributed by atoms with E-state index in [2.05, 4.69) is 10.6 Å². The lowest BCUT2D eigenvalue weighted by molar-refractivity contribution is -0.111. The van der Waals surface area contributed by atoms with Crippen molar-refractivity contribution in [2.24, 2.45) is 0 Å². The maximum atomic E-state index is 12.5. The molecule has 0 spiro atoms. The van der Waals surface area contributed by atoms with Gasteiger partial charge in [0.1, 0.15) is 5.75 Å². The zero-order chi connectivity index (χ0) is 23.6. The predicted molar refractivity (Wildman–Crippen MR) is 127 cm³/mol. The maximum absolute atomic E-state index is 12.5. The number of ether oxygens (including phenoxy) is 2. The molecule has 0 fully saturated rings. The van der Waals surface area contributed by atoms with Crippen LogP contribution in [0.5, 0.6) is 5.75 Å². The van der Waals surface area contributed by atoms with Crippen molar-refractivity contribution in [3.63, 3.8) is 0 Å². The van der Waals surface area contributed by atoms with Crippen LogP contribution in [0.25, 0.3) is 6.08 Å². The smallest absolute Gasteiger partial charge is 0.434 e. The van der Waals surface area contributed by atoms with Crippen LogP contribution < -0.4 is 15.4 Å². The van der Waals surface area contributed by atoms with Gasteiger partial charge in [0.15, 0.2) is 0 Å². The molecule has 0 aromatic heterocycles. The van der Waals surface area contributed by atoms with Gasteiger partial charge in [-0.3, -0.25) is 9.59 Å². The van der Waals surface area contributed by atoms with Gasteiger partial charge in [0.05, 0.1) is 6.61 Å². The van der Waals surface area contributed by atoms with Crippen molar-refractivity contribution in [3.8, 4) is 5.75 Å². The van der Waals surface area contributed by atoms with E-state index >= 15 is 0 Å². The van der Waals surface area contributed by atoms with E-state index < -0.39 is 6.16 Å². The maximum Gasteiger partial charge on any atom is 0.513 e. The molecule has 0 aliphatic rings. The Balaban J connectivity index is 1.57. The summed E-state index contributed by atoms with van der Waals surface area (Å²) in [5.41, 5.74) is 3.52. The fourth-order valence-electron chi connectivity index (χ4n) is 2.83. The second-order valence-corrected chi connectivity index (χ2v) is 7.08. The predicted octanol–water partition coefficient (Wildman–Crippen LogP) is 5.43. The minimum atomic E-state index is -0.803. The number of rotatable bonds is 7. The number of carbonyl (C=O) groups excluding carboxylic acids is 3. The molecule has 0 saturated carbocycles. The third kappa shape index (κ3) is 7.36. The quantitative estimate of drug-likeness (QED) is 0.288. The topological polar surface area (TPSA) is 93.7 Å². The van der Waals surface area contributed by atoms with Crippen LogP contribution in [-0.4, -0.2) is 24.6 Å². The number of amides is 2. The van der Waals surface area contributed by atoms with Gasteiger partial charge in [-0.2, -0.15) is 0 Å². The highest BCUT2D eigenvalue weighted by Crippen LogP contribution is 2.18. The Kier molecular flexibility index (Phi) is 7.96. The fourth-order valence-corrected chi connectivity index (χ4v) is 2.83. The summed E-state index contributed by atoms with van der Waals surface area (Å²) in [5.74, 6) is -0.356. The zero-order valence-electron chi connectivity index (χ0n) is 18.3. The summed E-state index contributed by atoms with van der Waals surface area (Å²) in [6.07, 6.45) is 2.38.